The summed E-state index contributed by atoms with van der Waals surface area (Å²) >= 11 is 0. The van der Waals surface area contributed by atoms with E-state index in [1.54, 1.807) is 0 Å². The summed E-state index contributed by atoms with van der Waals surface area (Å²) in [6.07, 6.45) is 0.732. The van der Waals surface area contributed by atoms with Gasteiger partial charge in [0.15, 0.2) is 0 Å². The molecular weight excluding hydrogens is 194 g/mol. The first-order valence-corrected chi connectivity index (χ1v) is 5.48. The molecule has 2 N–H and O–H groups in total. The smallest absolute Gasteiger partial charge is 0.407 e. The van der Waals surface area contributed by atoms with Gasteiger partial charge in [0.25, 0.3) is 0 Å². The third kappa shape index (κ3) is 2.62. The van der Waals surface area contributed by atoms with Crippen LogP contribution < -0.4 is 0 Å². The fraction of sp³-hybridized carbons (Fsp3) is 0.909. The molecule has 1 unspecified atom stereocenters. The maximum absolute atomic E-state index is 11.1. The summed E-state index contributed by atoms with van der Waals surface area (Å²) in [6, 6.07) is 0.0298. The van der Waals surface area contributed by atoms with Crippen molar-refractivity contribution in [2.24, 2.45) is 11.3 Å². The number of hydrogen-bond acceptors (Lipinski definition) is 2. The van der Waals surface area contributed by atoms with Gasteiger partial charge in [0.2, 0.25) is 0 Å². The zero-order valence-electron chi connectivity index (χ0n) is 9.73. The van der Waals surface area contributed by atoms with Gasteiger partial charge in [-0.25, -0.2) is 4.79 Å². The Balaban J connectivity index is 2.83. The van der Waals surface area contributed by atoms with E-state index in [4.69, 9.17) is 10.2 Å². The molecule has 0 aromatic rings. The van der Waals surface area contributed by atoms with Crippen molar-refractivity contribution in [1.82, 2.24) is 4.90 Å². The van der Waals surface area contributed by atoms with Gasteiger partial charge < -0.3 is 15.1 Å². The van der Waals surface area contributed by atoms with E-state index in [-0.39, 0.29) is 18.1 Å². The number of rotatable bonds is 2. The van der Waals surface area contributed by atoms with Crippen molar-refractivity contribution in [3.63, 3.8) is 0 Å². The minimum atomic E-state index is -0.838. The van der Waals surface area contributed by atoms with E-state index < -0.39 is 6.09 Å². The monoisotopic (exact) mass is 215 g/mol. The van der Waals surface area contributed by atoms with Crippen molar-refractivity contribution in [3.05, 3.63) is 0 Å². The third-order valence-electron chi connectivity index (χ3n) is 3.16. The molecule has 1 aliphatic heterocycles. The van der Waals surface area contributed by atoms with Crippen LogP contribution in [0.4, 0.5) is 4.79 Å². The zero-order valence-corrected chi connectivity index (χ0v) is 9.73. The fourth-order valence-corrected chi connectivity index (χ4v) is 2.71. The molecular formula is C11H21NO3. The molecule has 0 saturated carbocycles. The van der Waals surface area contributed by atoms with Gasteiger partial charge in [-0.1, -0.05) is 20.8 Å². The number of nitrogens with zero attached hydrogens (tertiary/aromatic N) is 1. The third-order valence-corrected chi connectivity index (χ3v) is 3.16. The summed E-state index contributed by atoms with van der Waals surface area (Å²) in [5.74, 6) is 0.297. The van der Waals surface area contributed by atoms with E-state index in [9.17, 15) is 4.79 Å². The molecule has 1 rings (SSSR count). The average Bonchev–Trinajstić information content (AvgIpc) is 2.47. The van der Waals surface area contributed by atoms with E-state index in [0.717, 1.165) is 6.42 Å². The molecule has 4 heteroatoms. The van der Waals surface area contributed by atoms with Gasteiger partial charge in [0.1, 0.15) is 0 Å². The number of aliphatic hydroxyl groups excluding tert-OH is 1. The Labute approximate surface area is 90.9 Å². The second-order valence-corrected chi connectivity index (χ2v) is 5.35. The minimum absolute atomic E-state index is 0.0298. The van der Waals surface area contributed by atoms with Crippen molar-refractivity contribution >= 4 is 6.09 Å². The molecule has 0 radical (unpaired) electrons. The molecule has 1 heterocycles. The zero-order chi connectivity index (χ0) is 11.6. The Hall–Kier alpha value is -0.770. The van der Waals surface area contributed by atoms with E-state index in [2.05, 4.69) is 20.8 Å². The lowest BCUT2D eigenvalue weighted by atomic mass is 9.78. The van der Waals surface area contributed by atoms with Gasteiger partial charge in [-0.2, -0.15) is 0 Å². The predicted octanol–water partition coefficient (Wildman–Crippen LogP) is 1.78. The molecule has 15 heavy (non-hydrogen) atoms. The van der Waals surface area contributed by atoms with Crippen molar-refractivity contribution in [2.75, 3.05) is 13.2 Å². The summed E-state index contributed by atoms with van der Waals surface area (Å²) in [4.78, 5) is 12.6. The highest BCUT2D eigenvalue weighted by atomic mass is 16.4. The van der Waals surface area contributed by atoms with Crippen LogP contribution in [-0.4, -0.2) is 40.4 Å². The number of hydrogen-bond donors (Lipinski definition) is 2. The van der Waals surface area contributed by atoms with Gasteiger partial charge in [-0.05, 0) is 24.2 Å². The molecule has 88 valence electrons. The number of carbonyl (C=O) groups is 1. The van der Waals surface area contributed by atoms with Gasteiger partial charge >= 0.3 is 6.09 Å². The van der Waals surface area contributed by atoms with Gasteiger partial charge in [-0.15, -0.1) is 0 Å². The quantitative estimate of drug-likeness (QED) is 0.738. The van der Waals surface area contributed by atoms with Crippen LogP contribution in [0.15, 0.2) is 0 Å². The molecule has 0 aromatic carbocycles. The predicted molar refractivity (Wildman–Crippen MR) is 57.8 cm³/mol. The lowest BCUT2D eigenvalue weighted by Gasteiger charge is -2.37. The van der Waals surface area contributed by atoms with E-state index in [1.165, 1.54) is 4.90 Å². The molecule has 2 atom stereocenters. The van der Waals surface area contributed by atoms with Gasteiger partial charge in [0, 0.05) is 19.2 Å². The van der Waals surface area contributed by atoms with Crippen LogP contribution in [0.5, 0.6) is 0 Å². The summed E-state index contributed by atoms with van der Waals surface area (Å²) in [7, 11) is 0. The number of likely N-dealkylation sites (tertiary alicyclic amines) is 1. The Morgan fingerprint density at radius 3 is 2.47 bits per heavy atom. The first-order valence-electron chi connectivity index (χ1n) is 5.48. The highest BCUT2D eigenvalue weighted by Gasteiger charge is 2.43. The van der Waals surface area contributed by atoms with Crippen LogP contribution in [0.3, 0.4) is 0 Å². The van der Waals surface area contributed by atoms with Crippen LogP contribution in [0.1, 0.15) is 33.6 Å². The van der Waals surface area contributed by atoms with Crippen molar-refractivity contribution in [2.45, 2.75) is 39.7 Å². The number of carboxylic acid groups (broad SMARTS) is 1. The van der Waals surface area contributed by atoms with E-state index in [0.29, 0.717) is 18.9 Å². The highest BCUT2D eigenvalue weighted by Crippen LogP contribution is 2.38. The van der Waals surface area contributed by atoms with Gasteiger partial charge in [-0.3, -0.25) is 0 Å². The first-order chi connectivity index (χ1) is 6.88. The molecule has 1 aliphatic rings. The fourth-order valence-electron chi connectivity index (χ4n) is 2.71. The summed E-state index contributed by atoms with van der Waals surface area (Å²) in [5.41, 5.74) is -0.0608. The second-order valence-electron chi connectivity index (χ2n) is 5.35. The van der Waals surface area contributed by atoms with Crippen molar-refractivity contribution < 1.29 is 15.0 Å². The maximum Gasteiger partial charge on any atom is 0.407 e. The minimum Gasteiger partial charge on any atom is -0.465 e. The summed E-state index contributed by atoms with van der Waals surface area (Å²) < 4.78 is 0. The van der Waals surface area contributed by atoms with Crippen LogP contribution in [0, 0.1) is 11.3 Å². The van der Waals surface area contributed by atoms with Crippen LogP contribution in [0.25, 0.3) is 0 Å². The lowest BCUT2D eigenvalue weighted by Crippen LogP contribution is -2.45. The molecule has 0 spiro atoms. The normalized spacial score (nSPS) is 27.1. The van der Waals surface area contributed by atoms with Gasteiger partial charge in [0.05, 0.1) is 0 Å². The topological polar surface area (TPSA) is 60.8 Å². The highest BCUT2D eigenvalue weighted by molar-refractivity contribution is 5.66. The molecule has 1 saturated heterocycles. The molecule has 0 aliphatic carbocycles. The Kier molecular flexibility index (Phi) is 3.60. The standard InChI is InChI=1S/C11H21NO3/c1-11(2,3)9-8(5-7-13)4-6-12(9)10(14)15/h8-9,13H,4-7H2,1-3H3,(H,14,15)/t8-,9?/m0/s1. The Morgan fingerprint density at radius 2 is 2.07 bits per heavy atom. The summed E-state index contributed by atoms with van der Waals surface area (Å²) in [5, 5.41) is 18.1. The number of amides is 1. The Morgan fingerprint density at radius 1 is 1.47 bits per heavy atom. The molecule has 0 bridgehead atoms. The largest absolute Gasteiger partial charge is 0.465 e. The molecule has 1 fully saturated rings. The second kappa shape index (κ2) is 4.39. The summed E-state index contributed by atoms with van der Waals surface area (Å²) in [6.45, 7) is 6.92. The Bertz CT molecular complexity index is 234. The SMILES string of the molecule is CC(C)(C)C1[C@H](CCO)CCN1C(=O)O. The van der Waals surface area contributed by atoms with Crippen LogP contribution in [-0.2, 0) is 0 Å². The van der Waals surface area contributed by atoms with E-state index >= 15 is 0 Å². The first kappa shape index (κ1) is 12.3. The average molecular weight is 215 g/mol. The molecule has 4 nitrogen and oxygen atoms in total. The van der Waals surface area contributed by atoms with Crippen LogP contribution >= 0.6 is 0 Å². The number of aliphatic hydroxyl groups is 1. The van der Waals surface area contributed by atoms with E-state index in [1.807, 2.05) is 0 Å². The molecule has 1 amide bonds. The molecule has 0 aromatic heterocycles. The van der Waals surface area contributed by atoms with Crippen LogP contribution in [0.2, 0.25) is 0 Å². The van der Waals surface area contributed by atoms with Crippen molar-refractivity contribution in [3.8, 4) is 0 Å². The lowest BCUT2D eigenvalue weighted by molar-refractivity contribution is 0.0848. The maximum atomic E-state index is 11.1. The van der Waals surface area contributed by atoms with Crippen molar-refractivity contribution in [1.29, 1.82) is 0 Å².